The van der Waals surface area contributed by atoms with Gasteiger partial charge in [-0.2, -0.15) is 5.10 Å². The lowest BCUT2D eigenvalue weighted by Crippen LogP contribution is -2.48. The van der Waals surface area contributed by atoms with Gasteiger partial charge in [-0.25, -0.2) is 9.67 Å². The monoisotopic (exact) mass is 412 g/mol. The number of aromatic nitrogens is 2. The van der Waals surface area contributed by atoms with Gasteiger partial charge in [-0.1, -0.05) is 0 Å². The summed E-state index contributed by atoms with van der Waals surface area (Å²) in [5.41, 5.74) is 2.08. The smallest absolute Gasteiger partial charge is 0.292 e. The highest BCUT2D eigenvalue weighted by molar-refractivity contribution is 5.82. The summed E-state index contributed by atoms with van der Waals surface area (Å²) in [6.07, 6.45) is 4.71. The SMILES string of the molecule is COC1=NC(n2ncc3cc(C)c(O[C@H]4CCOC4)cc32)C=C(N2CCNCC2)N1. The lowest BCUT2D eigenvalue weighted by molar-refractivity contribution is 0.141. The molecule has 160 valence electrons. The summed E-state index contributed by atoms with van der Waals surface area (Å²) < 4.78 is 19.1. The Morgan fingerprint density at radius 2 is 2.10 bits per heavy atom. The Kier molecular flexibility index (Phi) is 5.22. The van der Waals surface area contributed by atoms with Crippen LogP contribution in [0.4, 0.5) is 0 Å². The number of ether oxygens (including phenoxy) is 3. The fourth-order valence-electron chi connectivity index (χ4n) is 4.11. The highest BCUT2D eigenvalue weighted by atomic mass is 16.5. The summed E-state index contributed by atoms with van der Waals surface area (Å²) in [6, 6.07) is 4.68. The van der Waals surface area contributed by atoms with Crippen molar-refractivity contribution in [3.05, 3.63) is 35.8 Å². The number of nitrogens with one attached hydrogen (secondary N) is 2. The molecular formula is C21H28N6O3. The second kappa shape index (κ2) is 8.16. The molecule has 2 saturated heterocycles. The first kappa shape index (κ1) is 19.2. The molecule has 2 fully saturated rings. The summed E-state index contributed by atoms with van der Waals surface area (Å²) in [4.78, 5) is 7.00. The molecule has 0 aliphatic carbocycles. The van der Waals surface area contributed by atoms with Gasteiger partial charge in [0.05, 0.1) is 32.0 Å². The van der Waals surface area contributed by atoms with Gasteiger partial charge >= 0.3 is 0 Å². The van der Waals surface area contributed by atoms with Crippen LogP contribution in [0.2, 0.25) is 0 Å². The van der Waals surface area contributed by atoms with Crippen molar-refractivity contribution in [1.82, 2.24) is 25.3 Å². The van der Waals surface area contributed by atoms with E-state index in [1.165, 1.54) is 0 Å². The van der Waals surface area contributed by atoms with Gasteiger partial charge in [0.1, 0.15) is 17.7 Å². The maximum absolute atomic E-state index is 6.21. The van der Waals surface area contributed by atoms with Crippen LogP contribution >= 0.6 is 0 Å². The summed E-state index contributed by atoms with van der Waals surface area (Å²) in [5, 5.41) is 12.4. The molecule has 0 amide bonds. The molecule has 9 nitrogen and oxygen atoms in total. The zero-order valence-corrected chi connectivity index (χ0v) is 17.4. The van der Waals surface area contributed by atoms with Crippen molar-refractivity contribution < 1.29 is 14.2 Å². The molecule has 0 saturated carbocycles. The highest BCUT2D eigenvalue weighted by Gasteiger charge is 2.24. The van der Waals surface area contributed by atoms with Gasteiger partial charge in [0.15, 0.2) is 6.17 Å². The fourth-order valence-corrected chi connectivity index (χ4v) is 4.11. The minimum atomic E-state index is -0.297. The van der Waals surface area contributed by atoms with Crippen LogP contribution in [0.5, 0.6) is 5.75 Å². The quantitative estimate of drug-likeness (QED) is 0.784. The van der Waals surface area contributed by atoms with E-state index in [1.807, 2.05) is 10.9 Å². The Bertz CT molecular complexity index is 973. The zero-order chi connectivity index (χ0) is 20.5. The van der Waals surface area contributed by atoms with Crippen molar-refractivity contribution in [3.8, 4) is 5.75 Å². The largest absolute Gasteiger partial charge is 0.488 e. The minimum Gasteiger partial charge on any atom is -0.488 e. The first-order valence-corrected chi connectivity index (χ1v) is 10.5. The van der Waals surface area contributed by atoms with Gasteiger partial charge < -0.3 is 24.4 Å². The molecule has 0 radical (unpaired) electrons. The number of hydrogen-bond donors (Lipinski definition) is 2. The Balaban J connectivity index is 1.49. The summed E-state index contributed by atoms with van der Waals surface area (Å²) in [7, 11) is 1.63. The van der Waals surface area contributed by atoms with E-state index in [0.29, 0.717) is 12.6 Å². The number of benzene rings is 1. The second-order valence-corrected chi connectivity index (χ2v) is 7.84. The number of nitrogens with zero attached hydrogens (tertiary/aromatic N) is 4. The number of rotatable bonds is 4. The molecular weight excluding hydrogens is 384 g/mol. The number of aryl methyl sites for hydroxylation is 1. The number of fused-ring (bicyclic) bond motifs is 1. The number of aliphatic imine (C=N–C) groups is 1. The van der Waals surface area contributed by atoms with E-state index in [2.05, 4.69) is 45.8 Å². The van der Waals surface area contributed by atoms with Crippen LogP contribution in [-0.2, 0) is 9.47 Å². The molecule has 0 bridgehead atoms. The van der Waals surface area contributed by atoms with Crippen molar-refractivity contribution in [2.45, 2.75) is 25.6 Å². The lowest BCUT2D eigenvalue weighted by Gasteiger charge is -2.34. The standard InChI is InChI=1S/C21H28N6O3/c1-14-9-15-12-23-27(17(15)10-18(14)30-16-3-8-29-13-16)20-11-19(24-21(25-20)28-2)26-6-4-22-5-7-26/h9-12,16,20,22H,3-8,13H2,1-2H3,(H,24,25)/t16-,20?/m0/s1. The molecule has 0 spiro atoms. The highest BCUT2D eigenvalue weighted by Crippen LogP contribution is 2.30. The van der Waals surface area contributed by atoms with E-state index < -0.39 is 0 Å². The molecule has 2 aromatic rings. The maximum Gasteiger partial charge on any atom is 0.292 e. The summed E-state index contributed by atoms with van der Waals surface area (Å²) >= 11 is 0. The topological polar surface area (TPSA) is 85.2 Å². The molecule has 3 aliphatic rings. The van der Waals surface area contributed by atoms with Crippen LogP contribution in [0.25, 0.3) is 10.9 Å². The molecule has 2 N–H and O–H groups in total. The van der Waals surface area contributed by atoms with E-state index in [0.717, 1.165) is 67.2 Å². The molecule has 4 heterocycles. The predicted octanol–water partition coefficient (Wildman–Crippen LogP) is 1.36. The molecule has 5 rings (SSSR count). The van der Waals surface area contributed by atoms with Crippen molar-refractivity contribution >= 4 is 16.9 Å². The molecule has 3 aliphatic heterocycles. The van der Waals surface area contributed by atoms with Crippen molar-refractivity contribution in [3.63, 3.8) is 0 Å². The predicted molar refractivity (Wildman–Crippen MR) is 113 cm³/mol. The number of piperazine rings is 1. The molecule has 1 unspecified atom stereocenters. The Hall–Kier alpha value is -2.78. The third-order valence-corrected chi connectivity index (χ3v) is 5.77. The first-order valence-electron chi connectivity index (χ1n) is 10.5. The van der Waals surface area contributed by atoms with E-state index in [1.54, 1.807) is 7.11 Å². The fraction of sp³-hybridized carbons (Fsp3) is 0.524. The van der Waals surface area contributed by atoms with E-state index in [4.69, 9.17) is 19.2 Å². The average Bonchev–Trinajstić information content (AvgIpc) is 3.44. The van der Waals surface area contributed by atoms with Crippen LogP contribution in [0.15, 0.2) is 35.2 Å². The third kappa shape index (κ3) is 3.70. The van der Waals surface area contributed by atoms with E-state index in [9.17, 15) is 0 Å². The average molecular weight is 412 g/mol. The first-order chi connectivity index (χ1) is 14.7. The van der Waals surface area contributed by atoms with Crippen LogP contribution < -0.4 is 15.4 Å². The van der Waals surface area contributed by atoms with Crippen LogP contribution in [-0.4, -0.2) is 73.3 Å². The molecule has 1 aromatic carbocycles. The third-order valence-electron chi connectivity index (χ3n) is 5.77. The minimum absolute atomic E-state index is 0.105. The van der Waals surface area contributed by atoms with Crippen LogP contribution in [0.1, 0.15) is 18.2 Å². The van der Waals surface area contributed by atoms with Crippen molar-refractivity contribution in [2.24, 2.45) is 4.99 Å². The van der Waals surface area contributed by atoms with Gasteiger partial charge in [-0.15, -0.1) is 0 Å². The number of amidine groups is 1. The Morgan fingerprint density at radius 1 is 1.23 bits per heavy atom. The molecule has 9 heteroatoms. The molecule has 30 heavy (non-hydrogen) atoms. The Morgan fingerprint density at radius 3 is 2.87 bits per heavy atom. The van der Waals surface area contributed by atoms with Gasteiger partial charge in [0.2, 0.25) is 0 Å². The normalized spacial score (nSPS) is 24.4. The van der Waals surface area contributed by atoms with E-state index >= 15 is 0 Å². The molecule has 1 aromatic heterocycles. The van der Waals surface area contributed by atoms with Gasteiger partial charge in [0.25, 0.3) is 6.02 Å². The summed E-state index contributed by atoms with van der Waals surface area (Å²) in [5.74, 6) is 1.87. The van der Waals surface area contributed by atoms with Gasteiger partial charge in [-0.3, -0.25) is 5.32 Å². The summed E-state index contributed by atoms with van der Waals surface area (Å²) in [6.45, 7) is 7.25. The number of methoxy groups -OCH3 is 1. The zero-order valence-electron chi connectivity index (χ0n) is 17.4. The van der Waals surface area contributed by atoms with Gasteiger partial charge in [0, 0.05) is 50.1 Å². The van der Waals surface area contributed by atoms with Crippen LogP contribution in [0.3, 0.4) is 0 Å². The van der Waals surface area contributed by atoms with E-state index in [-0.39, 0.29) is 12.3 Å². The number of hydrogen-bond acceptors (Lipinski definition) is 8. The Labute approximate surface area is 175 Å². The second-order valence-electron chi connectivity index (χ2n) is 7.84. The lowest BCUT2D eigenvalue weighted by atomic mass is 10.1. The molecule has 2 atom stereocenters. The maximum atomic E-state index is 6.21. The van der Waals surface area contributed by atoms with Gasteiger partial charge in [-0.05, 0) is 18.6 Å². The van der Waals surface area contributed by atoms with Crippen molar-refractivity contribution in [1.29, 1.82) is 0 Å². The van der Waals surface area contributed by atoms with Crippen LogP contribution in [0, 0.1) is 6.92 Å². The van der Waals surface area contributed by atoms with Crippen molar-refractivity contribution in [2.75, 3.05) is 46.5 Å².